The third-order valence-corrected chi connectivity index (χ3v) is 3.89. The number of aryl methyl sites for hydroxylation is 1. The van der Waals surface area contributed by atoms with Crippen molar-refractivity contribution in [3.05, 3.63) is 65.9 Å². The summed E-state index contributed by atoms with van der Waals surface area (Å²) in [7, 11) is 3.67. The van der Waals surface area contributed by atoms with Crippen LogP contribution in [0, 0.1) is 0 Å². The minimum absolute atomic E-state index is 0.512. The molecule has 0 aliphatic rings. The van der Waals surface area contributed by atoms with Gasteiger partial charge in [-0.1, -0.05) is 30.3 Å². The largest absolute Gasteiger partial charge is 0.497 e. The van der Waals surface area contributed by atoms with Crippen LogP contribution in [0.4, 0.5) is 0 Å². The van der Waals surface area contributed by atoms with Crippen LogP contribution in [0.2, 0.25) is 0 Å². The minimum atomic E-state index is -0.512. The maximum Gasteiger partial charge on any atom is 0.118 e. The molecule has 3 aromatic rings. The molecule has 0 bridgehead atoms. The molecule has 0 amide bonds. The standard InChI is InChI=1S/C18H19NO2/c1-19-12-14(16-5-3-4-6-17(16)19)11-18(20)13-7-9-15(21-2)10-8-13/h3-10,12,18,20H,11H2,1-2H3. The number of benzene rings is 2. The Morgan fingerprint density at radius 1 is 1.10 bits per heavy atom. The lowest BCUT2D eigenvalue weighted by Crippen LogP contribution is -2.01. The van der Waals surface area contributed by atoms with E-state index in [1.807, 2.05) is 43.4 Å². The fourth-order valence-electron chi connectivity index (χ4n) is 2.74. The Bertz CT molecular complexity index is 744. The normalized spacial score (nSPS) is 12.5. The van der Waals surface area contributed by atoms with Gasteiger partial charge in [0.05, 0.1) is 13.2 Å². The maximum atomic E-state index is 10.5. The molecule has 1 aromatic heterocycles. The average molecular weight is 281 g/mol. The Hall–Kier alpha value is -2.26. The molecule has 1 heterocycles. The zero-order chi connectivity index (χ0) is 14.8. The van der Waals surface area contributed by atoms with Gasteiger partial charge in [-0.25, -0.2) is 0 Å². The molecular formula is C18H19NO2. The topological polar surface area (TPSA) is 34.4 Å². The van der Waals surface area contributed by atoms with Gasteiger partial charge in [0.1, 0.15) is 5.75 Å². The second-order valence-corrected chi connectivity index (χ2v) is 5.28. The molecule has 0 fully saturated rings. The second kappa shape index (κ2) is 5.62. The molecule has 1 atom stereocenters. The SMILES string of the molecule is COc1ccc(C(O)Cc2cn(C)c3ccccc23)cc1. The van der Waals surface area contributed by atoms with Gasteiger partial charge in [0.15, 0.2) is 0 Å². The Kier molecular flexibility index (Phi) is 3.67. The summed E-state index contributed by atoms with van der Waals surface area (Å²) in [5.74, 6) is 0.802. The second-order valence-electron chi connectivity index (χ2n) is 5.28. The third-order valence-electron chi connectivity index (χ3n) is 3.89. The van der Waals surface area contributed by atoms with E-state index in [-0.39, 0.29) is 0 Å². The average Bonchev–Trinajstić information content (AvgIpc) is 2.84. The Morgan fingerprint density at radius 2 is 1.81 bits per heavy atom. The lowest BCUT2D eigenvalue weighted by atomic mass is 10.0. The van der Waals surface area contributed by atoms with Gasteiger partial charge in [0.25, 0.3) is 0 Å². The van der Waals surface area contributed by atoms with Crippen molar-refractivity contribution < 1.29 is 9.84 Å². The van der Waals surface area contributed by atoms with E-state index in [0.29, 0.717) is 6.42 Å². The number of rotatable bonds is 4. The number of para-hydroxylation sites is 1. The van der Waals surface area contributed by atoms with Gasteiger partial charge in [-0.2, -0.15) is 0 Å². The first-order chi connectivity index (χ1) is 10.2. The first-order valence-electron chi connectivity index (χ1n) is 7.04. The highest BCUT2D eigenvalue weighted by atomic mass is 16.5. The highest BCUT2D eigenvalue weighted by Crippen LogP contribution is 2.26. The number of ether oxygens (including phenoxy) is 1. The predicted octanol–water partition coefficient (Wildman–Crippen LogP) is 3.46. The fraction of sp³-hybridized carbons (Fsp3) is 0.222. The molecule has 3 rings (SSSR count). The molecule has 1 unspecified atom stereocenters. The monoisotopic (exact) mass is 281 g/mol. The predicted molar refractivity (Wildman–Crippen MR) is 84.6 cm³/mol. The summed E-state index contributed by atoms with van der Waals surface area (Å²) < 4.78 is 7.25. The van der Waals surface area contributed by atoms with Crippen molar-refractivity contribution in [2.75, 3.05) is 7.11 Å². The van der Waals surface area contributed by atoms with E-state index in [1.165, 1.54) is 10.9 Å². The molecule has 0 radical (unpaired) electrons. The van der Waals surface area contributed by atoms with E-state index in [2.05, 4.69) is 22.9 Å². The maximum absolute atomic E-state index is 10.5. The molecule has 0 saturated carbocycles. The third kappa shape index (κ3) is 2.65. The van der Waals surface area contributed by atoms with Crippen molar-refractivity contribution >= 4 is 10.9 Å². The van der Waals surface area contributed by atoms with E-state index in [1.54, 1.807) is 7.11 Å². The summed E-state index contributed by atoms with van der Waals surface area (Å²) in [6.07, 6.45) is 2.19. The van der Waals surface area contributed by atoms with Crippen LogP contribution in [0.15, 0.2) is 54.7 Å². The number of aliphatic hydroxyl groups is 1. The first kappa shape index (κ1) is 13.7. The number of aromatic nitrogens is 1. The summed E-state index contributed by atoms with van der Waals surface area (Å²) >= 11 is 0. The van der Waals surface area contributed by atoms with E-state index in [0.717, 1.165) is 16.9 Å². The molecule has 0 aliphatic carbocycles. The smallest absolute Gasteiger partial charge is 0.118 e. The van der Waals surface area contributed by atoms with Crippen molar-refractivity contribution in [3.8, 4) is 5.75 Å². The number of hydrogen-bond acceptors (Lipinski definition) is 2. The molecule has 0 saturated heterocycles. The highest BCUT2D eigenvalue weighted by molar-refractivity contribution is 5.83. The summed E-state index contributed by atoms with van der Waals surface area (Å²) in [5, 5.41) is 11.7. The first-order valence-corrected chi connectivity index (χ1v) is 7.04. The summed E-state index contributed by atoms with van der Waals surface area (Å²) in [5.41, 5.74) is 3.26. The van der Waals surface area contributed by atoms with Gasteiger partial charge >= 0.3 is 0 Å². The fourth-order valence-corrected chi connectivity index (χ4v) is 2.74. The lowest BCUT2D eigenvalue weighted by Gasteiger charge is -2.11. The van der Waals surface area contributed by atoms with Gasteiger partial charge in [0.2, 0.25) is 0 Å². The van der Waals surface area contributed by atoms with Crippen LogP contribution >= 0.6 is 0 Å². The highest BCUT2D eigenvalue weighted by Gasteiger charge is 2.13. The Balaban J connectivity index is 1.87. The molecule has 1 N–H and O–H groups in total. The van der Waals surface area contributed by atoms with Crippen molar-refractivity contribution in [3.63, 3.8) is 0 Å². The molecule has 0 aliphatic heterocycles. The number of hydrogen-bond donors (Lipinski definition) is 1. The molecule has 2 aromatic carbocycles. The summed E-state index contributed by atoms with van der Waals surface area (Å²) in [6.45, 7) is 0. The summed E-state index contributed by atoms with van der Waals surface area (Å²) in [6, 6.07) is 15.8. The van der Waals surface area contributed by atoms with E-state index < -0.39 is 6.10 Å². The quantitative estimate of drug-likeness (QED) is 0.794. The van der Waals surface area contributed by atoms with Crippen LogP contribution in [0.5, 0.6) is 5.75 Å². The molecule has 3 heteroatoms. The van der Waals surface area contributed by atoms with E-state index >= 15 is 0 Å². The van der Waals surface area contributed by atoms with Crippen LogP contribution in [-0.2, 0) is 13.5 Å². The van der Waals surface area contributed by atoms with Gasteiger partial charge in [-0.3, -0.25) is 0 Å². The molecule has 108 valence electrons. The van der Waals surface area contributed by atoms with Crippen molar-refractivity contribution in [2.24, 2.45) is 7.05 Å². The zero-order valence-electron chi connectivity index (χ0n) is 12.3. The van der Waals surface area contributed by atoms with Crippen LogP contribution in [-0.4, -0.2) is 16.8 Å². The molecule has 3 nitrogen and oxygen atoms in total. The number of nitrogens with zero attached hydrogens (tertiary/aromatic N) is 1. The number of aliphatic hydroxyl groups excluding tert-OH is 1. The van der Waals surface area contributed by atoms with Gasteiger partial charge < -0.3 is 14.4 Å². The molecular weight excluding hydrogens is 262 g/mol. The molecule has 0 spiro atoms. The zero-order valence-corrected chi connectivity index (χ0v) is 12.3. The van der Waals surface area contributed by atoms with Crippen LogP contribution in [0.3, 0.4) is 0 Å². The van der Waals surface area contributed by atoms with Crippen LogP contribution in [0.1, 0.15) is 17.2 Å². The lowest BCUT2D eigenvalue weighted by molar-refractivity contribution is 0.178. The van der Waals surface area contributed by atoms with Crippen molar-refractivity contribution in [2.45, 2.75) is 12.5 Å². The van der Waals surface area contributed by atoms with Crippen molar-refractivity contribution in [1.29, 1.82) is 0 Å². The summed E-state index contributed by atoms with van der Waals surface area (Å²) in [4.78, 5) is 0. The van der Waals surface area contributed by atoms with Gasteiger partial charge in [-0.15, -0.1) is 0 Å². The molecule has 21 heavy (non-hydrogen) atoms. The van der Waals surface area contributed by atoms with Crippen LogP contribution < -0.4 is 4.74 Å². The van der Waals surface area contributed by atoms with E-state index in [9.17, 15) is 5.11 Å². The number of fused-ring (bicyclic) bond motifs is 1. The Morgan fingerprint density at radius 3 is 2.52 bits per heavy atom. The van der Waals surface area contributed by atoms with Gasteiger partial charge in [0, 0.05) is 30.6 Å². The van der Waals surface area contributed by atoms with Crippen LogP contribution in [0.25, 0.3) is 10.9 Å². The van der Waals surface area contributed by atoms with E-state index in [4.69, 9.17) is 4.74 Å². The van der Waals surface area contributed by atoms with Crippen molar-refractivity contribution in [1.82, 2.24) is 4.57 Å². The Labute approximate surface area is 124 Å². The number of methoxy groups -OCH3 is 1. The minimum Gasteiger partial charge on any atom is -0.497 e. The van der Waals surface area contributed by atoms with Gasteiger partial charge in [-0.05, 0) is 29.3 Å².